The number of nitrogens with one attached hydrogen (secondary N) is 1. The van der Waals surface area contributed by atoms with Gasteiger partial charge >= 0.3 is 0 Å². The van der Waals surface area contributed by atoms with E-state index in [2.05, 4.69) is 10.8 Å². The van der Waals surface area contributed by atoms with E-state index in [0.29, 0.717) is 12.2 Å². The number of hydrogen-bond acceptors (Lipinski definition) is 8. The summed E-state index contributed by atoms with van der Waals surface area (Å²) in [7, 11) is -7.71. The van der Waals surface area contributed by atoms with Crippen molar-refractivity contribution in [2.24, 2.45) is 11.8 Å². The predicted molar refractivity (Wildman–Crippen MR) is 192 cm³/mol. The van der Waals surface area contributed by atoms with E-state index < -0.39 is 43.0 Å². The number of hydrogen-bond donors (Lipinski definition) is 2. The van der Waals surface area contributed by atoms with Crippen molar-refractivity contribution in [1.29, 1.82) is 0 Å². The fourth-order valence-corrected chi connectivity index (χ4v) is 8.63. The molecule has 10 nitrogen and oxygen atoms in total. The van der Waals surface area contributed by atoms with Crippen molar-refractivity contribution < 1.29 is 26.9 Å². The Balaban J connectivity index is 1.60. The molecule has 4 rings (SSSR count). The van der Waals surface area contributed by atoms with Gasteiger partial charge < -0.3 is 5.11 Å². The first-order valence-corrected chi connectivity index (χ1v) is 19.8. The third kappa shape index (κ3) is 11.0. The summed E-state index contributed by atoms with van der Waals surface area (Å²) in [5.41, 5.74) is 0.687. The largest absolute Gasteiger partial charge is 0.391 e. The Morgan fingerprint density at radius 1 is 0.875 bits per heavy atom. The highest BCUT2D eigenvalue weighted by atomic mass is 32.2. The van der Waals surface area contributed by atoms with E-state index in [0.717, 1.165) is 39.6 Å². The van der Waals surface area contributed by atoms with Gasteiger partial charge in [0.05, 0.1) is 22.2 Å². The number of non-ortho nitro benzene ring substituents is 1. The molecule has 0 heterocycles. The number of nitrogens with zero attached hydrogens (tertiary/aromatic N) is 2. The standard InChI is InChI=1S/C35H41N3O7S3/c1-26(2)23-37(48(44,45)34-19-16-32(17-20-34)38(40)41)24-35(39)30(21-27-9-5-4-6-10-27)13-15-31(36-47(3,42)43)25-46-33-18-14-28-11-7-8-12-29(28)22-33/h4-20,22,26,30-31,35-36,39H,21,23-25H2,1-3H3/b15-13+/t30-,31-,35+/m0/s1. The Morgan fingerprint density at radius 3 is 2.15 bits per heavy atom. The van der Waals surface area contributed by atoms with Crippen molar-refractivity contribution in [3.8, 4) is 0 Å². The molecule has 0 aromatic heterocycles. The normalized spacial score (nSPS) is 14.5. The molecular weight excluding hydrogens is 671 g/mol. The molecule has 4 aromatic rings. The van der Waals surface area contributed by atoms with Gasteiger partial charge in [0.2, 0.25) is 20.0 Å². The van der Waals surface area contributed by atoms with Crippen LogP contribution in [0, 0.1) is 22.0 Å². The highest BCUT2D eigenvalue weighted by Gasteiger charge is 2.30. The minimum Gasteiger partial charge on any atom is -0.391 e. The average molecular weight is 712 g/mol. The van der Waals surface area contributed by atoms with Crippen molar-refractivity contribution >= 4 is 48.3 Å². The molecule has 0 aliphatic heterocycles. The van der Waals surface area contributed by atoms with Crippen molar-refractivity contribution in [1.82, 2.24) is 9.03 Å². The number of sulfonamides is 2. The maximum absolute atomic E-state index is 13.7. The van der Waals surface area contributed by atoms with Gasteiger partial charge in [-0.05, 0) is 52.9 Å². The Labute approximate surface area is 287 Å². The molecule has 0 radical (unpaired) electrons. The van der Waals surface area contributed by atoms with Crippen LogP contribution in [-0.2, 0) is 26.5 Å². The van der Waals surface area contributed by atoms with Crippen LogP contribution in [0.2, 0.25) is 0 Å². The van der Waals surface area contributed by atoms with Crippen LogP contribution in [0.15, 0.2) is 119 Å². The van der Waals surface area contributed by atoms with Crippen molar-refractivity contribution in [2.75, 3.05) is 25.1 Å². The first-order chi connectivity index (χ1) is 22.7. The van der Waals surface area contributed by atoms with Gasteiger partial charge in [0.25, 0.3) is 5.69 Å². The molecular formula is C35H41N3O7S3. The van der Waals surface area contributed by atoms with Crippen LogP contribution in [0.1, 0.15) is 19.4 Å². The first kappa shape index (κ1) is 37.2. The maximum Gasteiger partial charge on any atom is 0.269 e. The molecule has 0 fully saturated rings. The third-order valence-electron chi connectivity index (χ3n) is 7.56. The van der Waals surface area contributed by atoms with E-state index in [1.54, 1.807) is 12.2 Å². The van der Waals surface area contributed by atoms with Gasteiger partial charge in [-0.15, -0.1) is 11.8 Å². The Morgan fingerprint density at radius 2 is 1.52 bits per heavy atom. The van der Waals surface area contributed by atoms with Crippen LogP contribution in [0.5, 0.6) is 0 Å². The molecule has 48 heavy (non-hydrogen) atoms. The fourth-order valence-electron chi connectivity index (χ4n) is 5.25. The fraction of sp³-hybridized carbons (Fsp3) is 0.314. The molecule has 4 aromatic carbocycles. The molecule has 0 spiro atoms. The van der Waals surface area contributed by atoms with E-state index in [1.165, 1.54) is 28.2 Å². The second-order valence-electron chi connectivity index (χ2n) is 12.1. The minimum atomic E-state index is -4.12. The SMILES string of the molecule is CC(C)CN(C[C@@H](O)[C@@H](/C=C/[C@@H](CSc1ccc2ccccc2c1)NS(C)(=O)=O)Cc1ccccc1)S(=O)(=O)c1ccc([N+](=O)[O-])cc1. The van der Waals surface area contributed by atoms with E-state index in [1.807, 2.05) is 80.6 Å². The number of fused-ring (bicyclic) bond motifs is 1. The van der Waals surface area contributed by atoms with Gasteiger partial charge in [0.1, 0.15) is 0 Å². The van der Waals surface area contributed by atoms with Gasteiger partial charge in [-0.1, -0.05) is 86.7 Å². The quantitative estimate of drug-likeness (QED) is 0.0598. The Hall–Kier alpha value is -3.59. The van der Waals surface area contributed by atoms with Crippen molar-refractivity contribution in [3.63, 3.8) is 0 Å². The lowest BCUT2D eigenvalue weighted by Crippen LogP contribution is -2.42. The molecule has 2 N–H and O–H groups in total. The lowest BCUT2D eigenvalue weighted by Gasteiger charge is -2.29. The zero-order valence-electron chi connectivity index (χ0n) is 27.0. The van der Waals surface area contributed by atoms with E-state index >= 15 is 0 Å². The molecule has 0 amide bonds. The second-order valence-corrected chi connectivity index (χ2v) is 16.9. The monoisotopic (exact) mass is 711 g/mol. The summed E-state index contributed by atoms with van der Waals surface area (Å²) in [4.78, 5) is 11.4. The zero-order chi connectivity index (χ0) is 34.9. The van der Waals surface area contributed by atoms with Crippen LogP contribution in [0.25, 0.3) is 10.8 Å². The molecule has 0 bridgehead atoms. The lowest BCUT2D eigenvalue weighted by molar-refractivity contribution is -0.384. The van der Waals surface area contributed by atoms with E-state index in [-0.39, 0.29) is 29.6 Å². The van der Waals surface area contributed by atoms with E-state index in [9.17, 15) is 32.1 Å². The zero-order valence-corrected chi connectivity index (χ0v) is 29.5. The summed E-state index contributed by atoms with van der Waals surface area (Å²) in [5, 5.41) is 24.9. The summed E-state index contributed by atoms with van der Waals surface area (Å²) < 4.78 is 56.0. The van der Waals surface area contributed by atoms with Crippen molar-refractivity contribution in [2.45, 2.75) is 42.2 Å². The number of aliphatic hydroxyl groups excluding tert-OH is 1. The number of nitro groups is 1. The van der Waals surface area contributed by atoms with Crippen LogP contribution < -0.4 is 4.72 Å². The van der Waals surface area contributed by atoms with Crippen LogP contribution in [0.4, 0.5) is 5.69 Å². The Kier molecular flexibility index (Phi) is 12.9. The van der Waals surface area contributed by atoms with Gasteiger partial charge in [0, 0.05) is 47.8 Å². The van der Waals surface area contributed by atoms with Crippen LogP contribution >= 0.6 is 11.8 Å². The highest BCUT2D eigenvalue weighted by molar-refractivity contribution is 7.99. The molecule has 256 valence electrons. The molecule has 13 heteroatoms. The summed E-state index contributed by atoms with van der Waals surface area (Å²) in [6, 6.07) is 27.6. The van der Waals surface area contributed by atoms with Crippen molar-refractivity contribution in [3.05, 3.63) is 125 Å². The second kappa shape index (κ2) is 16.7. The van der Waals surface area contributed by atoms with Crippen LogP contribution in [0.3, 0.4) is 0 Å². The van der Waals surface area contributed by atoms with Crippen LogP contribution in [-0.4, -0.2) is 68.4 Å². The smallest absolute Gasteiger partial charge is 0.269 e. The Bertz CT molecular complexity index is 1920. The minimum absolute atomic E-state index is 0.0800. The van der Waals surface area contributed by atoms with Gasteiger partial charge in [-0.2, -0.15) is 4.31 Å². The molecule has 0 saturated carbocycles. The molecule has 0 aliphatic rings. The third-order valence-corrected chi connectivity index (χ3v) is 11.2. The predicted octanol–water partition coefficient (Wildman–Crippen LogP) is 5.88. The highest BCUT2D eigenvalue weighted by Crippen LogP contribution is 2.26. The summed E-state index contributed by atoms with van der Waals surface area (Å²) in [6.45, 7) is 3.59. The molecule has 0 unspecified atom stereocenters. The maximum atomic E-state index is 13.7. The average Bonchev–Trinajstić information content (AvgIpc) is 3.04. The lowest BCUT2D eigenvalue weighted by atomic mass is 9.92. The number of rotatable bonds is 17. The number of aliphatic hydroxyl groups is 1. The van der Waals surface area contributed by atoms with E-state index in [4.69, 9.17) is 0 Å². The molecule has 0 saturated heterocycles. The topological polar surface area (TPSA) is 147 Å². The van der Waals surface area contributed by atoms with Gasteiger partial charge in [-0.25, -0.2) is 21.6 Å². The summed E-state index contributed by atoms with van der Waals surface area (Å²) in [5.74, 6) is -0.281. The number of benzene rings is 4. The first-order valence-electron chi connectivity index (χ1n) is 15.4. The summed E-state index contributed by atoms with van der Waals surface area (Å²) in [6.07, 6.45) is 3.78. The van der Waals surface area contributed by atoms with Gasteiger partial charge in [0.15, 0.2) is 0 Å². The van der Waals surface area contributed by atoms with Gasteiger partial charge in [-0.3, -0.25) is 10.1 Å². The summed E-state index contributed by atoms with van der Waals surface area (Å²) >= 11 is 1.50. The number of thioether (sulfide) groups is 1. The molecule has 3 atom stereocenters. The number of nitro benzene ring substituents is 1. The molecule has 0 aliphatic carbocycles.